The van der Waals surface area contributed by atoms with E-state index in [2.05, 4.69) is 20.8 Å². The largest absolute Gasteiger partial charge is 0.598 e. The van der Waals surface area contributed by atoms with Crippen molar-refractivity contribution in [1.82, 2.24) is 0 Å². The molecule has 1 unspecified atom stereocenters. The van der Waals surface area contributed by atoms with Crippen LogP contribution in [0.1, 0.15) is 26.3 Å². The third kappa shape index (κ3) is 1.97. The molecule has 3 aromatic rings. The summed E-state index contributed by atoms with van der Waals surface area (Å²) in [7, 11) is -1.83. The number of hydrogen-bond donors (Lipinski definition) is 0. The summed E-state index contributed by atoms with van der Waals surface area (Å²) in [6.07, 6.45) is 0. The van der Waals surface area contributed by atoms with Gasteiger partial charge in [0.2, 0.25) is 5.12 Å². The Hall–Kier alpha value is -1.66. The van der Waals surface area contributed by atoms with Crippen molar-refractivity contribution < 1.29 is 8.76 Å². The predicted octanol–water partition coefficient (Wildman–Crippen LogP) is 5.63. The molecular weight excluding hydrogens is 255 g/mol. The van der Waals surface area contributed by atoms with Gasteiger partial charge in [0.15, 0.2) is 5.58 Å². The highest BCUT2D eigenvalue weighted by atomic mass is 31.1. The van der Waals surface area contributed by atoms with E-state index in [-0.39, 0.29) is 5.41 Å². The van der Waals surface area contributed by atoms with Crippen LogP contribution in [0.2, 0.25) is 0 Å². The summed E-state index contributed by atoms with van der Waals surface area (Å²) < 4.78 is 18.0. The van der Waals surface area contributed by atoms with Crippen LogP contribution in [0.5, 0.6) is 0 Å². The average molecular weight is 271 g/mol. The lowest BCUT2D eigenvalue weighted by Crippen LogP contribution is -2.11. The van der Waals surface area contributed by atoms with Crippen molar-refractivity contribution >= 4 is 29.1 Å². The van der Waals surface area contributed by atoms with E-state index < -0.39 is 7.65 Å². The van der Waals surface area contributed by atoms with Gasteiger partial charge in [0.05, 0.1) is 0 Å². The smallest absolute Gasteiger partial charge is 0.250 e. The van der Waals surface area contributed by atoms with Gasteiger partial charge in [-0.3, -0.25) is 0 Å². The summed E-state index contributed by atoms with van der Waals surface area (Å²) in [5.41, 5.74) is 1.76. The van der Waals surface area contributed by atoms with Crippen LogP contribution in [-0.2, 0) is 9.98 Å². The van der Waals surface area contributed by atoms with E-state index in [9.17, 15) is 4.57 Å². The maximum absolute atomic E-state index is 12.4. The van der Waals surface area contributed by atoms with Gasteiger partial charge in [-0.2, -0.15) is 0 Å². The van der Waals surface area contributed by atoms with Gasteiger partial charge >= 0.3 is 7.65 Å². The molecule has 0 aliphatic carbocycles. The molecule has 0 saturated carbocycles. The molecule has 0 aliphatic heterocycles. The topological polar surface area (TPSA) is 30.2 Å². The van der Waals surface area contributed by atoms with Crippen molar-refractivity contribution in [2.45, 2.75) is 26.2 Å². The standard InChI is InChI=1S/C16H16O2P/c1-16(2,3)13-9-6-8-12-11-7-4-5-10-14(11)18-19(17)15(12)13/h4-10H,1-3H3/q+1. The molecule has 19 heavy (non-hydrogen) atoms. The van der Waals surface area contributed by atoms with Crippen molar-refractivity contribution in [3.63, 3.8) is 0 Å². The average Bonchev–Trinajstić information content (AvgIpc) is 2.37. The molecule has 2 nitrogen and oxygen atoms in total. The van der Waals surface area contributed by atoms with E-state index >= 15 is 0 Å². The second kappa shape index (κ2) is 4.18. The second-order valence-electron chi connectivity index (χ2n) is 5.80. The molecule has 1 aromatic heterocycles. The fraction of sp³-hybridized carbons (Fsp3) is 0.250. The Bertz CT molecular complexity index is 825. The maximum Gasteiger partial charge on any atom is 0.598 e. The zero-order chi connectivity index (χ0) is 13.6. The first kappa shape index (κ1) is 12.4. The van der Waals surface area contributed by atoms with Gasteiger partial charge in [0.25, 0.3) is 0 Å². The summed E-state index contributed by atoms with van der Waals surface area (Å²) in [5, 5.41) is 2.91. The molecule has 3 heteroatoms. The molecule has 0 bridgehead atoms. The summed E-state index contributed by atoms with van der Waals surface area (Å²) in [4.78, 5) is 0. The Balaban J connectivity index is 2.59. The van der Waals surface area contributed by atoms with Gasteiger partial charge in [0.1, 0.15) is 0 Å². The van der Waals surface area contributed by atoms with E-state index in [1.165, 1.54) is 0 Å². The summed E-state index contributed by atoms with van der Waals surface area (Å²) in [5.74, 6) is 0. The van der Waals surface area contributed by atoms with Gasteiger partial charge in [0, 0.05) is 16.3 Å². The van der Waals surface area contributed by atoms with Gasteiger partial charge < -0.3 is 0 Å². The van der Waals surface area contributed by atoms with Crippen molar-refractivity contribution in [3.05, 3.63) is 48.0 Å². The molecule has 2 aromatic carbocycles. The van der Waals surface area contributed by atoms with Crippen LogP contribution in [0.15, 0.2) is 46.7 Å². The third-order valence-corrected chi connectivity index (χ3v) is 4.59. The van der Waals surface area contributed by atoms with Crippen LogP contribution in [0.25, 0.3) is 21.5 Å². The highest BCUT2D eigenvalue weighted by Gasteiger charge is 2.26. The third-order valence-electron chi connectivity index (χ3n) is 3.39. The first-order chi connectivity index (χ1) is 8.98. The Labute approximate surface area is 112 Å². The van der Waals surface area contributed by atoms with E-state index in [0.29, 0.717) is 5.58 Å². The quantitative estimate of drug-likeness (QED) is 0.496. The Kier molecular flexibility index (Phi) is 2.72. The minimum atomic E-state index is -1.83. The van der Waals surface area contributed by atoms with Crippen LogP contribution in [0, 0.1) is 0 Å². The number of rotatable bonds is 0. The monoisotopic (exact) mass is 271 g/mol. The Morgan fingerprint density at radius 2 is 1.63 bits per heavy atom. The highest BCUT2D eigenvalue weighted by Crippen LogP contribution is 2.41. The molecule has 0 spiro atoms. The zero-order valence-electron chi connectivity index (χ0n) is 11.3. The van der Waals surface area contributed by atoms with Crippen molar-refractivity contribution in [3.8, 4) is 0 Å². The normalized spacial score (nSPS) is 13.1. The summed E-state index contributed by atoms with van der Waals surface area (Å²) >= 11 is 0. The lowest BCUT2D eigenvalue weighted by molar-refractivity contribution is 0.561. The fourth-order valence-electron chi connectivity index (χ4n) is 2.47. The number of benzene rings is 2. The fourth-order valence-corrected chi connectivity index (χ4v) is 3.89. The molecule has 0 radical (unpaired) electrons. The number of fused-ring (bicyclic) bond motifs is 3. The molecule has 0 saturated heterocycles. The zero-order valence-corrected chi connectivity index (χ0v) is 12.2. The molecule has 96 valence electrons. The number of para-hydroxylation sites is 1. The van der Waals surface area contributed by atoms with E-state index in [1.54, 1.807) is 0 Å². The molecule has 3 rings (SSSR count). The minimum Gasteiger partial charge on any atom is -0.250 e. The van der Waals surface area contributed by atoms with E-state index in [4.69, 9.17) is 4.20 Å². The minimum absolute atomic E-state index is 0.0496. The molecule has 0 aliphatic rings. The maximum atomic E-state index is 12.4. The Morgan fingerprint density at radius 3 is 2.37 bits per heavy atom. The molecule has 1 atom stereocenters. The second-order valence-corrected chi connectivity index (χ2v) is 6.94. The van der Waals surface area contributed by atoms with Crippen molar-refractivity contribution in [2.24, 2.45) is 0 Å². The van der Waals surface area contributed by atoms with Crippen LogP contribution in [0.3, 0.4) is 0 Å². The molecular formula is C16H16O2P+. The first-order valence-corrected chi connectivity index (χ1v) is 7.54. The van der Waals surface area contributed by atoms with E-state index in [0.717, 1.165) is 21.5 Å². The van der Waals surface area contributed by atoms with Crippen molar-refractivity contribution in [2.75, 3.05) is 0 Å². The lowest BCUT2D eigenvalue weighted by atomic mass is 9.86. The Morgan fingerprint density at radius 1 is 0.947 bits per heavy atom. The predicted molar refractivity (Wildman–Crippen MR) is 80.0 cm³/mol. The summed E-state index contributed by atoms with van der Waals surface area (Å²) in [6, 6.07) is 13.9. The number of hydrogen-bond acceptors (Lipinski definition) is 2. The van der Waals surface area contributed by atoms with Crippen LogP contribution in [0.4, 0.5) is 0 Å². The van der Waals surface area contributed by atoms with Gasteiger partial charge in [-0.25, -0.2) is 4.20 Å². The first-order valence-electron chi connectivity index (χ1n) is 6.36. The van der Waals surface area contributed by atoms with Gasteiger partial charge in [-0.15, -0.1) is 0 Å². The highest BCUT2D eigenvalue weighted by molar-refractivity contribution is 7.37. The van der Waals surface area contributed by atoms with Crippen LogP contribution in [-0.4, -0.2) is 0 Å². The molecule has 0 amide bonds. The van der Waals surface area contributed by atoms with E-state index in [1.807, 2.05) is 42.5 Å². The van der Waals surface area contributed by atoms with Gasteiger partial charge in [-0.05, 0) is 22.1 Å². The van der Waals surface area contributed by atoms with Gasteiger partial charge in [-0.1, -0.05) is 51.1 Å². The molecule has 0 fully saturated rings. The molecule has 0 N–H and O–H groups in total. The SMILES string of the molecule is CC(C)(C)c1cccc2c3ccccc3o[p+](=O)c12. The summed E-state index contributed by atoms with van der Waals surface area (Å²) in [6.45, 7) is 6.39. The molecule has 1 heterocycles. The van der Waals surface area contributed by atoms with Crippen LogP contribution >= 0.6 is 7.65 Å². The lowest BCUT2D eigenvalue weighted by Gasteiger charge is -2.17. The van der Waals surface area contributed by atoms with Crippen molar-refractivity contribution in [1.29, 1.82) is 0 Å². The van der Waals surface area contributed by atoms with Crippen LogP contribution < -0.4 is 0 Å².